The van der Waals surface area contributed by atoms with E-state index in [9.17, 15) is 19.3 Å². The number of fused-ring (bicyclic) bond motifs is 1. The van der Waals surface area contributed by atoms with E-state index in [0.29, 0.717) is 31.5 Å². The first-order valence-corrected chi connectivity index (χ1v) is 7.87. The Bertz CT molecular complexity index is 774. The molecule has 0 aliphatic carbocycles. The van der Waals surface area contributed by atoms with Crippen LogP contribution in [-0.2, 0) is 17.6 Å². The second-order valence-electron chi connectivity index (χ2n) is 5.85. The number of anilines is 1. The molecule has 0 N–H and O–H groups in total. The maximum atomic E-state index is 12.9. The molecule has 2 aromatic rings. The van der Waals surface area contributed by atoms with E-state index in [-0.39, 0.29) is 17.4 Å². The Morgan fingerprint density at radius 2 is 1.96 bits per heavy atom. The topological polar surface area (TPSA) is 63.5 Å². The van der Waals surface area contributed by atoms with E-state index >= 15 is 0 Å². The van der Waals surface area contributed by atoms with Crippen molar-refractivity contribution in [1.82, 2.24) is 0 Å². The number of hydrogen-bond acceptors (Lipinski definition) is 3. The molecule has 0 fully saturated rings. The molecule has 124 valence electrons. The molecule has 6 heteroatoms. The van der Waals surface area contributed by atoms with Gasteiger partial charge in [0.2, 0.25) is 5.91 Å². The van der Waals surface area contributed by atoms with Gasteiger partial charge in [0.25, 0.3) is 5.69 Å². The summed E-state index contributed by atoms with van der Waals surface area (Å²) >= 11 is 0. The minimum Gasteiger partial charge on any atom is -0.312 e. The Balaban J connectivity index is 1.62. The fraction of sp³-hybridized carbons (Fsp3) is 0.278. The van der Waals surface area contributed by atoms with Crippen LogP contribution in [0.5, 0.6) is 0 Å². The smallest absolute Gasteiger partial charge is 0.271 e. The summed E-state index contributed by atoms with van der Waals surface area (Å²) in [6.45, 7) is 0.561. The maximum absolute atomic E-state index is 12.9. The standard InChI is InChI=1S/C18H17FN2O3/c19-15-7-4-13(5-8-15)2-1-3-18(22)20-11-10-14-6-9-16(21(23)24)12-17(14)20/h4-9,12H,1-3,10-11H2. The van der Waals surface area contributed by atoms with Crippen molar-refractivity contribution in [3.63, 3.8) is 0 Å². The third kappa shape index (κ3) is 3.42. The second-order valence-corrected chi connectivity index (χ2v) is 5.85. The van der Waals surface area contributed by atoms with Gasteiger partial charge in [-0.05, 0) is 42.5 Å². The number of aryl methyl sites for hydroxylation is 1. The average Bonchev–Trinajstić information content (AvgIpc) is 2.99. The van der Waals surface area contributed by atoms with Crippen molar-refractivity contribution in [2.75, 3.05) is 11.4 Å². The summed E-state index contributed by atoms with van der Waals surface area (Å²) in [5.41, 5.74) is 2.60. The molecule has 0 spiro atoms. The highest BCUT2D eigenvalue weighted by molar-refractivity contribution is 5.95. The lowest BCUT2D eigenvalue weighted by Gasteiger charge is -2.17. The van der Waals surface area contributed by atoms with Gasteiger partial charge in [0.1, 0.15) is 5.82 Å². The molecule has 0 atom stereocenters. The largest absolute Gasteiger partial charge is 0.312 e. The zero-order chi connectivity index (χ0) is 17.1. The number of nitro groups is 1. The molecule has 0 saturated heterocycles. The number of halogens is 1. The first kappa shape index (κ1) is 16.1. The summed E-state index contributed by atoms with van der Waals surface area (Å²) in [5.74, 6) is -0.304. The fourth-order valence-corrected chi connectivity index (χ4v) is 2.97. The van der Waals surface area contributed by atoms with Crippen molar-refractivity contribution in [3.05, 3.63) is 69.5 Å². The van der Waals surface area contributed by atoms with E-state index < -0.39 is 4.92 Å². The van der Waals surface area contributed by atoms with E-state index in [1.165, 1.54) is 24.3 Å². The van der Waals surface area contributed by atoms with Crippen LogP contribution < -0.4 is 4.90 Å². The Kier molecular flexibility index (Phi) is 4.55. The highest BCUT2D eigenvalue weighted by atomic mass is 19.1. The van der Waals surface area contributed by atoms with Crippen LogP contribution in [0.25, 0.3) is 0 Å². The van der Waals surface area contributed by atoms with Gasteiger partial charge in [0, 0.05) is 25.1 Å². The summed E-state index contributed by atoms with van der Waals surface area (Å²) in [7, 11) is 0. The SMILES string of the molecule is O=C(CCCc1ccc(F)cc1)N1CCc2ccc([N+](=O)[O-])cc21. The lowest BCUT2D eigenvalue weighted by atomic mass is 10.1. The minimum absolute atomic E-state index is 0.000220. The van der Waals surface area contributed by atoms with Gasteiger partial charge in [0.15, 0.2) is 0 Å². The Hall–Kier alpha value is -2.76. The summed E-state index contributed by atoms with van der Waals surface area (Å²) in [4.78, 5) is 24.5. The number of benzene rings is 2. The zero-order valence-corrected chi connectivity index (χ0v) is 13.1. The highest BCUT2D eigenvalue weighted by Gasteiger charge is 2.26. The van der Waals surface area contributed by atoms with Crippen molar-refractivity contribution in [1.29, 1.82) is 0 Å². The molecule has 3 rings (SSSR count). The van der Waals surface area contributed by atoms with Gasteiger partial charge in [-0.15, -0.1) is 0 Å². The van der Waals surface area contributed by atoms with Crippen molar-refractivity contribution in [2.45, 2.75) is 25.7 Å². The fourth-order valence-electron chi connectivity index (χ4n) is 2.97. The first-order chi connectivity index (χ1) is 11.5. The van der Waals surface area contributed by atoms with Gasteiger partial charge in [-0.2, -0.15) is 0 Å². The minimum atomic E-state index is -0.449. The van der Waals surface area contributed by atoms with Gasteiger partial charge in [0.05, 0.1) is 10.6 Å². The second kappa shape index (κ2) is 6.78. The van der Waals surface area contributed by atoms with Gasteiger partial charge >= 0.3 is 0 Å². The van der Waals surface area contributed by atoms with Gasteiger partial charge in [-0.25, -0.2) is 4.39 Å². The van der Waals surface area contributed by atoms with Crippen LogP contribution in [0.4, 0.5) is 15.8 Å². The number of rotatable bonds is 5. The monoisotopic (exact) mass is 328 g/mol. The van der Waals surface area contributed by atoms with Crippen LogP contribution >= 0.6 is 0 Å². The van der Waals surface area contributed by atoms with Crippen molar-refractivity contribution in [3.8, 4) is 0 Å². The third-order valence-electron chi connectivity index (χ3n) is 4.25. The van der Waals surface area contributed by atoms with Crippen LogP contribution in [0.2, 0.25) is 0 Å². The molecule has 2 aromatic carbocycles. The van der Waals surface area contributed by atoms with E-state index in [1.54, 1.807) is 23.1 Å². The number of hydrogen-bond donors (Lipinski definition) is 0. The number of non-ortho nitro benzene ring substituents is 1. The Morgan fingerprint density at radius 3 is 2.67 bits per heavy atom. The van der Waals surface area contributed by atoms with E-state index in [0.717, 1.165) is 17.5 Å². The van der Waals surface area contributed by atoms with Crippen molar-refractivity contribution >= 4 is 17.3 Å². The quantitative estimate of drug-likeness (QED) is 0.622. The van der Waals surface area contributed by atoms with E-state index in [1.807, 2.05) is 0 Å². The summed E-state index contributed by atoms with van der Waals surface area (Å²) in [5, 5.41) is 10.9. The zero-order valence-electron chi connectivity index (χ0n) is 13.1. The molecule has 24 heavy (non-hydrogen) atoms. The van der Waals surface area contributed by atoms with Crippen LogP contribution in [0, 0.1) is 15.9 Å². The summed E-state index contributed by atoms with van der Waals surface area (Å²) < 4.78 is 12.9. The van der Waals surface area contributed by atoms with Gasteiger partial charge < -0.3 is 4.90 Å². The van der Waals surface area contributed by atoms with Crippen molar-refractivity contribution < 1.29 is 14.1 Å². The van der Waals surface area contributed by atoms with Crippen molar-refractivity contribution in [2.24, 2.45) is 0 Å². The normalized spacial score (nSPS) is 13.0. The molecule has 1 aliphatic heterocycles. The van der Waals surface area contributed by atoms with E-state index in [2.05, 4.69) is 0 Å². The Labute approximate surface area is 138 Å². The maximum Gasteiger partial charge on any atom is 0.271 e. The summed E-state index contributed by atoms with van der Waals surface area (Å²) in [6, 6.07) is 10.9. The molecule has 1 aliphatic rings. The number of carbonyl (C=O) groups excluding carboxylic acids is 1. The number of nitrogens with zero attached hydrogens (tertiary/aromatic N) is 2. The van der Waals surface area contributed by atoms with Crippen LogP contribution in [0.1, 0.15) is 24.0 Å². The lowest BCUT2D eigenvalue weighted by molar-refractivity contribution is -0.384. The highest BCUT2D eigenvalue weighted by Crippen LogP contribution is 2.32. The van der Waals surface area contributed by atoms with Crippen LogP contribution in [-0.4, -0.2) is 17.4 Å². The van der Waals surface area contributed by atoms with E-state index in [4.69, 9.17) is 0 Å². The molecule has 0 bridgehead atoms. The molecule has 1 amide bonds. The van der Waals surface area contributed by atoms with Crippen LogP contribution in [0.15, 0.2) is 42.5 Å². The molecule has 0 saturated carbocycles. The molecular formula is C18H17FN2O3. The molecule has 0 radical (unpaired) electrons. The predicted octanol–water partition coefficient (Wildman–Crippen LogP) is 3.65. The molecule has 0 aromatic heterocycles. The Morgan fingerprint density at radius 1 is 1.21 bits per heavy atom. The number of nitro benzene ring substituents is 1. The molecule has 0 unspecified atom stereocenters. The third-order valence-corrected chi connectivity index (χ3v) is 4.25. The molecule has 1 heterocycles. The average molecular weight is 328 g/mol. The first-order valence-electron chi connectivity index (χ1n) is 7.87. The number of amides is 1. The van der Waals surface area contributed by atoms with Gasteiger partial charge in [-0.1, -0.05) is 18.2 Å². The van der Waals surface area contributed by atoms with Gasteiger partial charge in [-0.3, -0.25) is 14.9 Å². The number of carbonyl (C=O) groups is 1. The molecule has 5 nitrogen and oxygen atoms in total. The lowest BCUT2D eigenvalue weighted by Crippen LogP contribution is -2.28. The van der Waals surface area contributed by atoms with Crippen LogP contribution in [0.3, 0.4) is 0 Å². The predicted molar refractivity (Wildman–Crippen MR) is 88.5 cm³/mol. The summed E-state index contributed by atoms with van der Waals surface area (Å²) in [6.07, 6.45) is 2.43. The molecular weight excluding hydrogens is 311 g/mol.